The van der Waals surface area contributed by atoms with Gasteiger partial charge < -0.3 is 19.0 Å². The largest absolute Gasteiger partial charge is 0.496 e. The number of para-hydroxylation sites is 1. The van der Waals surface area contributed by atoms with Gasteiger partial charge in [0.25, 0.3) is 5.91 Å². The molecule has 0 saturated carbocycles. The topological polar surface area (TPSA) is 63.0 Å². The number of likely N-dealkylation sites (tertiary alicyclic amines) is 1. The van der Waals surface area contributed by atoms with Crippen molar-refractivity contribution in [1.29, 1.82) is 0 Å². The van der Waals surface area contributed by atoms with Gasteiger partial charge in [0.15, 0.2) is 11.2 Å². The first-order valence-electron chi connectivity index (χ1n) is 10.2. The first-order valence-corrected chi connectivity index (χ1v) is 10.2. The molecule has 2 heterocycles. The lowest BCUT2D eigenvalue weighted by atomic mass is 9.97. The molecule has 6 heteroatoms. The fraction of sp³-hybridized carbons (Fsp3) is 0.478. The number of methoxy groups -OCH3 is 1. The lowest BCUT2D eigenvalue weighted by Crippen LogP contribution is -2.42. The van der Waals surface area contributed by atoms with E-state index in [4.69, 9.17) is 9.15 Å². The molecule has 0 spiro atoms. The maximum Gasteiger partial charge on any atom is 0.289 e. The summed E-state index contributed by atoms with van der Waals surface area (Å²) < 4.78 is 10.9. The number of rotatable bonds is 7. The van der Waals surface area contributed by atoms with Gasteiger partial charge >= 0.3 is 0 Å². The first kappa shape index (κ1) is 21.1. The van der Waals surface area contributed by atoms with Crippen molar-refractivity contribution in [3.8, 4) is 5.75 Å². The van der Waals surface area contributed by atoms with E-state index in [9.17, 15) is 9.59 Å². The number of piperidine rings is 1. The predicted octanol–water partition coefficient (Wildman–Crippen LogP) is 2.98. The monoisotopic (exact) mass is 398 g/mol. The van der Waals surface area contributed by atoms with Crippen LogP contribution < -0.4 is 10.2 Å². The molecule has 29 heavy (non-hydrogen) atoms. The summed E-state index contributed by atoms with van der Waals surface area (Å²) in [5, 5.41) is 0. The molecule has 1 saturated heterocycles. The predicted molar refractivity (Wildman–Crippen MR) is 113 cm³/mol. The number of ether oxygens (including phenoxy) is 1. The van der Waals surface area contributed by atoms with Crippen LogP contribution in [0, 0.1) is 12.8 Å². The van der Waals surface area contributed by atoms with Crippen LogP contribution in [-0.4, -0.2) is 56.0 Å². The van der Waals surface area contributed by atoms with Crippen LogP contribution in [0.25, 0.3) is 0 Å². The molecule has 156 valence electrons. The van der Waals surface area contributed by atoms with Crippen molar-refractivity contribution in [2.75, 3.05) is 40.3 Å². The summed E-state index contributed by atoms with van der Waals surface area (Å²) in [4.78, 5) is 28.4. The Labute approximate surface area is 172 Å². The van der Waals surface area contributed by atoms with Crippen molar-refractivity contribution < 1.29 is 13.9 Å². The van der Waals surface area contributed by atoms with Gasteiger partial charge in [0.2, 0.25) is 0 Å². The van der Waals surface area contributed by atoms with Crippen LogP contribution in [0.5, 0.6) is 5.75 Å². The minimum Gasteiger partial charge on any atom is -0.496 e. The van der Waals surface area contributed by atoms with E-state index in [1.165, 1.54) is 17.7 Å². The fourth-order valence-corrected chi connectivity index (χ4v) is 4.06. The fourth-order valence-electron chi connectivity index (χ4n) is 4.06. The van der Waals surface area contributed by atoms with Crippen molar-refractivity contribution in [2.45, 2.75) is 26.2 Å². The molecule has 0 bridgehead atoms. The first-order chi connectivity index (χ1) is 14.0. The second-order valence-electron chi connectivity index (χ2n) is 7.82. The van der Waals surface area contributed by atoms with Gasteiger partial charge in [-0.15, -0.1) is 0 Å². The minimum atomic E-state index is -0.239. The van der Waals surface area contributed by atoms with Crippen LogP contribution in [-0.2, 0) is 6.42 Å². The highest BCUT2D eigenvalue weighted by molar-refractivity contribution is 5.91. The van der Waals surface area contributed by atoms with Gasteiger partial charge in [-0.1, -0.05) is 18.2 Å². The number of hydrogen-bond acceptors (Lipinski definition) is 5. The zero-order chi connectivity index (χ0) is 20.8. The molecule has 1 amide bonds. The van der Waals surface area contributed by atoms with Crippen LogP contribution in [0.1, 0.15) is 34.7 Å². The van der Waals surface area contributed by atoms with Gasteiger partial charge in [0.1, 0.15) is 11.5 Å². The molecule has 1 atom stereocenters. The summed E-state index contributed by atoms with van der Waals surface area (Å²) in [6, 6.07) is 10.8. The van der Waals surface area contributed by atoms with E-state index in [1.807, 2.05) is 18.2 Å². The lowest BCUT2D eigenvalue weighted by molar-refractivity contribution is 0.0695. The summed E-state index contributed by atoms with van der Waals surface area (Å²) in [5.41, 5.74) is 1.02. The van der Waals surface area contributed by atoms with Gasteiger partial charge in [-0.2, -0.15) is 0 Å². The average molecular weight is 399 g/mol. The molecule has 0 radical (unpaired) electrons. The van der Waals surface area contributed by atoms with Crippen LogP contribution >= 0.6 is 0 Å². The highest BCUT2D eigenvalue weighted by Crippen LogP contribution is 2.21. The Kier molecular flexibility index (Phi) is 7.09. The molecule has 0 aliphatic carbocycles. The molecule has 0 N–H and O–H groups in total. The second-order valence-corrected chi connectivity index (χ2v) is 7.82. The second kappa shape index (κ2) is 9.74. The molecular weight excluding hydrogens is 368 g/mol. The van der Waals surface area contributed by atoms with Crippen LogP contribution in [0.2, 0.25) is 0 Å². The van der Waals surface area contributed by atoms with Crippen LogP contribution in [0.4, 0.5) is 0 Å². The molecule has 1 aliphatic heterocycles. The molecule has 1 aromatic carbocycles. The number of aryl methyl sites for hydroxylation is 1. The molecule has 1 aliphatic rings. The third kappa shape index (κ3) is 5.70. The number of carbonyl (C=O) groups is 1. The Morgan fingerprint density at radius 3 is 2.86 bits per heavy atom. The highest BCUT2D eigenvalue weighted by Gasteiger charge is 2.24. The Morgan fingerprint density at radius 1 is 1.31 bits per heavy atom. The number of nitrogens with zero attached hydrogens (tertiary/aromatic N) is 2. The van der Waals surface area contributed by atoms with E-state index >= 15 is 0 Å². The number of carbonyl (C=O) groups excluding carboxylic acids is 1. The Balaban J connectivity index is 1.55. The van der Waals surface area contributed by atoms with E-state index in [0.29, 0.717) is 18.2 Å². The van der Waals surface area contributed by atoms with Gasteiger partial charge in [-0.3, -0.25) is 9.59 Å². The molecule has 0 unspecified atom stereocenters. The van der Waals surface area contributed by atoms with Gasteiger partial charge in [-0.05, 0) is 50.3 Å². The smallest absolute Gasteiger partial charge is 0.289 e. The van der Waals surface area contributed by atoms with Crippen molar-refractivity contribution in [1.82, 2.24) is 9.80 Å². The summed E-state index contributed by atoms with van der Waals surface area (Å²) in [5.74, 6) is 1.67. The minimum absolute atomic E-state index is 0.112. The summed E-state index contributed by atoms with van der Waals surface area (Å²) in [6.45, 7) is 5.35. The number of amides is 1. The Morgan fingerprint density at radius 2 is 2.10 bits per heavy atom. The number of hydrogen-bond donors (Lipinski definition) is 0. The Bertz CT molecular complexity index is 892. The van der Waals surface area contributed by atoms with E-state index in [-0.39, 0.29) is 17.1 Å². The molecule has 6 nitrogen and oxygen atoms in total. The Hall–Kier alpha value is -2.60. The molecule has 3 rings (SSSR count). The van der Waals surface area contributed by atoms with E-state index in [1.54, 1.807) is 26.0 Å². The van der Waals surface area contributed by atoms with Gasteiger partial charge in [-0.25, -0.2) is 0 Å². The van der Waals surface area contributed by atoms with Crippen LogP contribution in [0.3, 0.4) is 0 Å². The quantitative estimate of drug-likeness (QED) is 0.718. The maximum atomic E-state index is 12.7. The van der Waals surface area contributed by atoms with E-state index < -0.39 is 0 Å². The maximum absolute atomic E-state index is 12.7. The molecule has 1 fully saturated rings. The SMILES string of the molecule is COc1ccccc1CCN1CCC[C@H](CN(C)C(=O)c2cc(=O)cc(C)o2)C1. The third-order valence-electron chi connectivity index (χ3n) is 5.47. The van der Waals surface area contributed by atoms with Gasteiger partial charge in [0, 0.05) is 38.8 Å². The highest BCUT2D eigenvalue weighted by atomic mass is 16.5. The third-order valence-corrected chi connectivity index (χ3v) is 5.47. The van der Waals surface area contributed by atoms with Crippen molar-refractivity contribution in [3.05, 3.63) is 63.7 Å². The van der Waals surface area contributed by atoms with Crippen molar-refractivity contribution in [3.63, 3.8) is 0 Å². The summed E-state index contributed by atoms with van der Waals surface area (Å²) in [7, 11) is 3.48. The molecule has 1 aromatic heterocycles. The van der Waals surface area contributed by atoms with Crippen LogP contribution in [0.15, 0.2) is 45.6 Å². The zero-order valence-corrected chi connectivity index (χ0v) is 17.5. The van der Waals surface area contributed by atoms with E-state index in [0.717, 1.165) is 44.6 Å². The summed E-state index contributed by atoms with van der Waals surface area (Å²) in [6.07, 6.45) is 3.17. The van der Waals surface area contributed by atoms with E-state index in [2.05, 4.69) is 11.0 Å². The standard InChI is InChI=1S/C23H30N2O4/c1-17-13-20(26)14-22(29-17)23(27)24(2)15-18-7-6-11-25(16-18)12-10-19-8-4-5-9-21(19)28-3/h4-5,8-9,13-14,18H,6-7,10-12,15-16H2,1-3H3/t18-/m1/s1. The molecule has 2 aromatic rings. The molecular formula is C23H30N2O4. The van der Waals surface area contributed by atoms with Crippen molar-refractivity contribution in [2.24, 2.45) is 5.92 Å². The zero-order valence-electron chi connectivity index (χ0n) is 17.5. The average Bonchev–Trinajstić information content (AvgIpc) is 2.71. The lowest BCUT2D eigenvalue weighted by Gasteiger charge is -2.34. The van der Waals surface area contributed by atoms with Crippen molar-refractivity contribution >= 4 is 5.91 Å². The number of benzene rings is 1. The van der Waals surface area contributed by atoms with Gasteiger partial charge in [0.05, 0.1) is 7.11 Å². The normalized spacial score (nSPS) is 17.1. The summed E-state index contributed by atoms with van der Waals surface area (Å²) >= 11 is 0.